The van der Waals surface area contributed by atoms with Crippen LogP contribution < -0.4 is 10.2 Å². The van der Waals surface area contributed by atoms with E-state index < -0.39 is 23.7 Å². The highest BCUT2D eigenvalue weighted by atomic mass is 19.4. The molecule has 1 aliphatic rings. The maximum absolute atomic E-state index is 13.9. The van der Waals surface area contributed by atoms with Crippen LogP contribution in [0.15, 0.2) is 36.4 Å². The van der Waals surface area contributed by atoms with E-state index in [0.717, 1.165) is 10.4 Å². The maximum atomic E-state index is 13.9. The van der Waals surface area contributed by atoms with Crippen LogP contribution in [0.25, 0.3) is 10.8 Å². The number of ether oxygens (including phenoxy) is 1. The number of carbonyl (C=O) groups excluding carboxylic acids is 1. The van der Waals surface area contributed by atoms with Gasteiger partial charge in [-0.2, -0.15) is 18.2 Å². The van der Waals surface area contributed by atoms with Gasteiger partial charge in [0.1, 0.15) is 5.75 Å². The van der Waals surface area contributed by atoms with Crippen molar-refractivity contribution in [3.8, 4) is 5.75 Å². The van der Waals surface area contributed by atoms with Gasteiger partial charge in [0.25, 0.3) is 0 Å². The molecular formula is C18H19F3N2O2. The van der Waals surface area contributed by atoms with Gasteiger partial charge in [-0.25, -0.2) is 0 Å². The van der Waals surface area contributed by atoms with Gasteiger partial charge in [0.05, 0.1) is 7.11 Å². The summed E-state index contributed by atoms with van der Waals surface area (Å²) in [5.74, 6) is -0.0577. The molecule has 0 spiro atoms. The van der Waals surface area contributed by atoms with Crippen LogP contribution in [0, 0.1) is 0 Å². The molecule has 1 saturated heterocycles. The highest BCUT2D eigenvalue weighted by Gasteiger charge is 2.53. The zero-order chi connectivity index (χ0) is 18.4. The summed E-state index contributed by atoms with van der Waals surface area (Å²) in [4.78, 5) is 11.7. The molecule has 7 heteroatoms. The van der Waals surface area contributed by atoms with Crippen molar-refractivity contribution in [2.75, 3.05) is 7.11 Å². The second-order valence-electron chi connectivity index (χ2n) is 6.78. The summed E-state index contributed by atoms with van der Waals surface area (Å²) < 4.78 is 47.1. The van der Waals surface area contributed by atoms with Crippen molar-refractivity contribution >= 4 is 16.7 Å². The number of rotatable bonds is 3. The molecule has 0 saturated carbocycles. The van der Waals surface area contributed by atoms with Crippen LogP contribution in [-0.4, -0.2) is 29.7 Å². The van der Waals surface area contributed by atoms with Crippen molar-refractivity contribution in [1.29, 1.82) is 0 Å². The maximum Gasteiger partial charge on any atom is 0.409 e. The molecule has 0 aliphatic carbocycles. The van der Waals surface area contributed by atoms with Gasteiger partial charge in [0.15, 0.2) is 6.04 Å². The number of alkyl halides is 3. The number of hydrogen-bond donors (Lipinski definition) is 1. The lowest BCUT2D eigenvalue weighted by Crippen LogP contribution is -2.51. The van der Waals surface area contributed by atoms with E-state index in [9.17, 15) is 18.0 Å². The smallest absolute Gasteiger partial charge is 0.409 e. The average molecular weight is 352 g/mol. The molecule has 0 radical (unpaired) electrons. The monoisotopic (exact) mass is 352 g/mol. The van der Waals surface area contributed by atoms with Gasteiger partial charge in [-0.05, 0) is 36.9 Å². The van der Waals surface area contributed by atoms with Gasteiger partial charge < -0.3 is 4.74 Å². The van der Waals surface area contributed by atoms with Gasteiger partial charge in [0, 0.05) is 17.3 Å². The van der Waals surface area contributed by atoms with Crippen LogP contribution in [0.1, 0.15) is 31.9 Å². The van der Waals surface area contributed by atoms with E-state index in [0.29, 0.717) is 11.1 Å². The average Bonchev–Trinajstić information content (AvgIpc) is 2.77. The molecule has 1 atom stereocenters. The molecule has 0 bridgehead atoms. The van der Waals surface area contributed by atoms with Gasteiger partial charge in [-0.15, -0.1) is 0 Å². The van der Waals surface area contributed by atoms with E-state index in [1.165, 1.54) is 19.2 Å². The van der Waals surface area contributed by atoms with Crippen LogP contribution in [0.4, 0.5) is 13.2 Å². The minimum atomic E-state index is -4.57. The first kappa shape index (κ1) is 17.5. The fourth-order valence-corrected chi connectivity index (χ4v) is 3.33. The number of nitrogens with one attached hydrogen (secondary N) is 1. The highest BCUT2D eigenvalue weighted by molar-refractivity contribution is 5.89. The molecule has 4 nitrogen and oxygen atoms in total. The predicted octanol–water partition coefficient (Wildman–Crippen LogP) is 3.97. The van der Waals surface area contributed by atoms with E-state index in [-0.39, 0.29) is 12.0 Å². The van der Waals surface area contributed by atoms with E-state index in [1.807, 2.05) is 0 Å². The number of hydrogen-bond acceptors (Lipinski definition) is 3. The lowest BCUT2D eigenvalue weighted by atomic mass is 9.95. The quantitative estimate of drug-likeness (QED) is 0.909. The number of hydrazine groups is 1. The van der Waals surface area contributed by atoms with Crippen LogP contribution in [0.5, 0.6) is 5.75 Å². The fraction of sp³-hybridized carbons (Fsp3) is 0.389. The van der Waals surface area contributed by atoms with Crippen molar-refractivity contribution in [1.82, 2.24) is 10.4 Å². The Bertz CT molecular complexity index is 818. The number of amides is 1. The topological polar surface area (TPSA) is 41.6 Å². The van der Waals surface area contributed by atoms with Gasteiger partial charge in [-0.3, -0.25) is 10.2 Å². The molecular weight excluding hydrogens is 333 g/mol. The minimum Gasteiger partial charge on any atom is -0.496 e. The van der Waals surface area contributed by atoms with E-state index >= 15 is 0 Å². The van der Waals surface area contributed by atoms with Gasteiger partial charge >= 0.3 is 6.18 Å². The number of halogens is 3. The number of fused-ring (bicyclic) bond motifs is 1. The van der Waals surface area contributed by atoms with Crippen LogP contribution in [0.2, 0.25) is 0 Å². The Morgan fingerprint density at radius 3 is 2.48 bits per heavy atom. The zero-order valence-corrected chi connectivity index (χ0v) is 14.1. The molecule has 1 fully saturated rings. The molecule has 2 aromatic rings. The zero-order valence-electron chi connectivity index (χ0n) is 14.1. The van der Waals surface area contributed by atoms with Crippen molar-refractivity contribution in [3.05, 3.63) is 42.0 Å². The Kier molecular flexibility index (Phi) is 4.15. The van der Waals surface area contributed by atoms with Crippen LogP contribution >= 0.6 is 0 Å². The van der Waals surface area contributed by atoms with Crippen molar-refractivity contribution in [3.63, 3.8) is 0 Å². The minimum absolute atomic E-state index is 0.00426. The lowest BCUT2D eigenvalue weighted by Gasteiger charge is -2.38. The number of methoxy groups -OCH3 is 1. The van der Waals surface area contributed by atoms with E-state index in [4.69, 9.17) is 4.74 Å². The van der Waals surface area contributed by atoms with E-state index in [1.54, 1.807) is 38.1 Å². The second-order valence-corrected chi connectivity index (χ2v) is 6.78. The van der Waals surface area contributed by atoms with Crippen molar-refractivity contribution in [2.24, 2.45) is 0 Å². The van der Waals surface area contributed by atoms with Crippen molar-refractivity contribution < 1.29 is 22.7 Å². The normalized spacial score (nSPS) is 19.0. The third kappa shape index (κ3) is 3.16. The molecule has 0 unspecified atom stereocenters. The molecule has 134 valence electrons. The predicted molar refractivity (Wildman–Crippen MR) is 88.0 cm³/mol. The Morgan fingerprint density at radius 1 is 1.24 bits per heavy atom. The highest BCUT2D eigenvalue weighted by Crippen LogP contribution is 2.44. The van der Waals surface area contributed by atoms with Gasteiger partial charge in [0.2, 0.25) is 5.91 Å². The summed E-state index contributed by atoms with van der Waals surface area (Å²) in [5, 5.41) is 2.38. The summed E-state index contributed by atoms with van der Waals surface area (Å²) in [7, 11) is 1.43. The lowest BCUT2D eigenvalue weighted by molar-refractivity contribution is -0.203. The molecule has 1 heterocycles. The third-order valence-electron chi connectivity index (χ3n) is 4.44. The molecule has 1 amide bonds. The Morgan fingerprint density at radius 2 is 1.92 bits per heavy atom. The Hall–Kier alpha value is -2.28. The number of benzene rings is 2. The van der Waals surface area contributed by atoms with Crippen LogP contribution in [-0.2, 0) is 4.79 Å². The Labute approximate surface area is 143 Å². The molecule has 1 aliphatic heterocycles. The molecule has 3 rings (SSSR count). The van der Waals surface area contributed by atoms with Gasteiger partial charge in [-0.1, -0.05) is 24.3 Å². The first-order chi connectivity index (χ1) is 11.6. The Balaban J connectivity index is 2.18. The van der Waals surface area contributed by atoms with Crippen LogP contribution in [0.3, 0.4) is 0 Å². The van der Waals surface area contributed by atoms with Crippen molar-refractivity contribution in [2.45, 2.75) is 38.0 Å². The third-order valence-corrected chi connectivity index (χ3v) is 4.44. The molecule has 2 aromatic carbocycles. The summed E-state index contributed by atoms with van der Waals surface area (Å²) in [6.07, 6.45) is -4.56. The molecule has 1 N–H and O–H groups in total. The largest absolute Gasteiger partial charge is 0.496 e. The number of nitrogens with zero attached hydrogens (tertiary/aromatic N) is 1. The second kappa shape index (κ2) is 5.91. The first-order valence-electron chi connectivity index (χ1n) is 7.86. The standard InChI is InChI=1S/C18H19F3N2O2/c1-17(2)10-15(24)22-23(17)16(18(19,20)21)12-8-11-6-4-5-7-13(11)14(9-12)25-3/h4-9,16H,10H2,1-3H3,(H,22,24)/t16-/m0/s1. The first-order valence-corrected chi connectivity index (χ1v) is 7.86. The summed E-state index contributed by atoms with van der Waals surface area (Å²) in [5.41, 5.74) is 1.43. The molecule has 0 aromatic heterocycles. The van der Waals surface area contributed by atoms with E-state index in [2.05, 4.69) is 5.43 Å². The fourth-order valence-electron chi connectivity index (χ4n) is 3.33. The number of carbonyl (C=O) groups is 1. The molecule has 25 heavy (non-hydrogen) atoms. The summed E-state index contributed by atoms with van der Waals surface area (Å²) >= 11 is 0. The summed E-state index contributed by atoms with van der Waals surface area (Å²) in [6, 6.07) is 8.01. The summed E-state index contributed by atoms with van der Waals surface area (Å²) in [6.45, 7) is 3.23. The SMILES string of the molecule is COc1cc([C@H](N2NC(=O)CC2(C)C)C(F)(F)F)cc2ccccc12.